The summed E-state index contributed by atoms with van der Waals surface area (Å²) in [6, 6.07) is 14.1. The van der Waals surface area contributed by atoms with Crippen LogP contribution in [-0.4, -0.2) is 42.5 Å². The molecule has 2 aromatic rings. The van der Waals surface area contributed by atoms with Crippen LogP contribution in [0.25, 0.3) is 0 Å². The highest BCUT2D eigenvalue weighted by atomic mass is 35.5. The van der Waals surface area contributed by atoms with Crippen LogP contribution in [0, 0.1) is 12.8 Å². The summed E-state index contributed by atoms with van der Waals surface area (Å²) in [5, 5.41) is 5.86. The van der Waals surface area contributed by atoms with Crippen molar-refractivity contribution in [3.8, 4) is 0 Å². The second-order valence-corrected chi connectivity index (χ2v) is 7.63. The van der Waals surface area contributed by atoms with E-state index in [0.717, 1.165) is 5.56 Å². The fourth-order valence-corrected chi connectivity index (χ4v) is 3.52. The topological polar surface area (TPSA) is 87.7 Å². The van der Waals surface area contributed by atoms with Crippen molar-refractivity contribution in [2.24, 2.45) is 5.92 Å². The molecule has 2 aromatic carbocycles. The molecule has 1 atom stereocenters. The number of benzene rings is 2. The minimum atomic E-state index is -0.489. The Morgan fingerprint density at radius 1 is 1.13 bits per heavy atom. The van der Waals surface area contributed by atoms with Gasteiger partial charge in [0.05, 0.1) is 16.6 Å². The number of hydrogen-bond donors (Lipinski definition) is 2. The Balaban J connectivity index is 1.47. The van der Waals surface area contributed by atoms with Gasteiger partial charge in [-0.1, -0.05) is 35.9 Å². The lowest BCUT2D eigenvalue weighted by molar-refractivity contribution is -0.152. The Hall–Kier alpha value is -3.06. The number of urea groups is 1. The van der Waals surface area contributed by atoms with Gasteiger partial charge in [0, 0.05) is 18.8 Å². The smallest absolute Gasteiger partial charge is 0.321 e. The quantitative estimate of drug-likeness (QED) is 0.701. The number of nitrogens with one attached hydrogen (secondary N) is 2. The predicted molar refractivity (Wildman–Crippen MR) is 116 cm³/mol. The molecule has 7 nitrogen and oxygen atoms in total. The van der Waals surface area contributed by atoms with Gasteiger partial charge in [-0.25, -0.2) is 4.79 Å². The van der Waals surface area contributed by atoms with E-state index in [1.54, 1.807) is 29.2 Å². The molecular weight excluding hydrogens is 406 g/mol. The number of amides is 3. The van der Waals surface area contributed by atoms with E-state index >= 15 is 0 Å². The molecule has 1 heterocycles. The molecule has 3 amide bonds. The first-order valence-corrected chi connectivity index (χ1v) is 10.1. The lowest BCUT2D eigenvalue weighted by Gasteiger charge is -2.31. The van der Waals surface area contributed by atoms with Crippen molar-refractivity contribution in [2.45, 2.75) is 19.8 Å². The second kappa shape index (κ2) is 10.1. The zero-order valence-corrected chi connectivity index (χ0v) is 17.4. The maximum absolute atomic E-state index is 12.4. The van der Waals surface area contributed by atoms with Crippen LogP contribution in [-0.2, 0) is 14.3 Å². The van der Waals surface area contributed by atoms with Crippen LogP contribution in [0.3, 0.4) is 0 Å². The van der Waals surface area contributed by atoms with E-state index < -0.39 is 24.4 Å². The summed E-state index contributed by atoms with van der Waals surface area (Å²) in [5.74, 6) is -1.42. The molecule has 30 heavy (non-hydrogen) atoms. The van der Waals surface area contributed by atoms with Crippen molar-refractivity contribution in [3.63, 3.8) is 0 Å². The number of carbonyl (C=O) groups is 3. The second-order valence-electron chi connectivity index (χ2n) is 7.22. The highest BCUT2D eigenvalue weighted by Crippen LogP contribution is 2.23. The molecule has 2 N–H and O–H groups in total. The summed E-state index contributed by atoms with van der Waals surface area (Å²) in [5.41, 5.74) is 2.13. The van der Waals surface area contributed by atoms with Crippen molar-refractivity contribution in [1.29, 1.82) is 0 Å². The van der Waals surface area contributed by atoms with Gasteiger partial charge in [-0.15, -0.1) is 0 Å². The average molecular weight is 430 g/mol. The molecule has 1 fully saturated rings. The van der Waals surface area contributed by atoms with E-state index in [2.05, 4.69) is 10.6 Å². The van der Waals surface area contributed by atoms with Gasteiger partial charge in [0.2, 0.25) is 0 Å². The monoisotopic (exact) mass is 429 g/mol. The SMILES string of the molecule is Cc1ccc(NC(=O)COC(=O)C2CCCN(C(=O)Nc3ccccc3)C2)c(Cl)c1. The minimum Gasteiger partial charge on any atom is -0.455 e. The summed E-state index contributed by atoms with van der Waals surface area (Å²) in [6.07, 6.45) is 1.30. The number of aryl methyl sites for hydroxylation is 1. The maximum Gasteiger partial charge on any atom is 0.321 e. The normalized spacial score (nSPS) is 15.9. The minimum absolute atomic E-state index is 0.253. The zero-order chi connectivity index (χ0) is 21.5. The lowest BCUT2D eigenvalue weighted by Crippen LogP contribution is -2.45. The molecule has 1 aliphatic rings. The number of likely N-dealkylation sites (tertiary alicyclic amines) is 1. The fourth-order valence-electron chi connectivity index (χ4n) is 3.24. The van der Waals surface area contributed by atoms with Gasteiger partial charge < -0.3 is 20.3 Å². The molecular formula is C22H24ClN3O4. The number of nitrogens with zero attached hydrogens (tertiary/aromatic N) is 1. The van der Waals surface area contributed by atoms with Crippen molar-refractivity contribution in [2.75, 3.05) is 30.3 Å². The molecule has 8 heteroatoms. The first-order chi connectivity index (χ1) is 14.4. The number of anilines is 2. The lowest BCUT2D eigenvalue weighted by atomic mass is 9.98. The van der Waals surface area contributed by atoms with Gasteiger partial charge in [-0.2, -0.15) is 0 Å². The first kappa shape index (κ1) is 21.6. The fraction of sp³-hybridized carbons (Fsp3) is 0.318. The van der Waals surface area contributed by atoms with Crippen LogP contribution in [0.4, 0.5) is 16.2 Å². The molecule has 0 bridgehead atoms. The number of para-hydroxylation sites is 1. The first-order valence-electron chi connectivity index (χ1n) is 9.76. The molecule has 0 radical (unpaired) electrons. The molecule has 0 aromatic heterocycles. The third-order valence-corrected chi connectivity index (χ3v) is 5.12. The Bertz CT molecular complexity index is 920. The standard InChI is InChI=1S/C22H24ClN3O4/c1-15-9-10-19(18(23)12-15)25-20(27)14-30-21(28)16-6-5-11-26(13-16)22(29)24-17-7-3-2-4-8-17/h2-4,7-10,12,16H,5-6,11,13-14H2,1H3,(H,24,29)(H,25,27). The third-order valence-electron chi connectivity index (χ3n) is 4.81. The van der Waals surface area contributed by atoms with Crippen molar-refractivity contribution in [1.82, 2.24) is 4.90 Å². The maximum atomic E-state index is 12.4. The van der Waals surface area contributed by atoms with Crippen molar-refractivity contribution in [3.05, 3.63) is 59.1 Å². The highest BCUT2D eigenvalue weighted by molar-refractivity contribution is 6.33. The molecule has 0 saturated carbocycles. The number of halogens is 1. The van der Waals surface area contributed by atoms with Gasteiger partial charge in [0.1, 0.15) is 0 Å². The van der Waals surface area contributed by atoms with Gasteiger partial charge in [-0.3, -0.25) is 9.59 Å². The van der Waals surface area contributed by atoms with Crippen molar-refractivity contribution < 1.29 is 19.1 Å². The molecule has 0 spiro atoms. The summed E-state index contributed by atoms with van der Waals surface area (Å²) >= 11 is 6.10. The number of piperidine rings is 1. The third kappa shape index (κ3) is 5.97. The largest absolute Gasteiger partial charge is 0.455 e. The number of ether oxygens (including phenoxy) is 1. The Kier molecular flexibility index (Phi) is 7.30. The zero-order valence-electron chi connectivity index (χ0n) is 16.7. The molecule has 3 rings (SSSR count). The molecule has 158 valence electrons. The predicted octanol–water partition coefficient (Wildman–Crippen LogP) is 4.07. The number of esters is 1. The Morgan fingerprint density at radius 3 is 2.63 bits per heavy atom. The molecule has 1 aliphatic heterocycles. The Morgan fingerprint density at radius 2 is 1.90 bits per heavy atom. The van der Waals surface area contributed by atoms with Crippen LogP contribution in [0.15, 0.2) is 48.5 Å². The summed E-state index contributed by atoms with van der Waals surface area (Å²) in [6.45, 7) is 2.31. The van der Waals surface area contributed by atoms with E-state index in [1.165, 1.54) is 0 Å². The van der Waals surface area contributed by atoms with E-state index in [4.69, 9.17) is 16.3 Å². The molecule has 0 aliphatic carbocycles. The van der Waals surface area contributed by atoms with E-state index in [9.17, 15) is 14.4 Å². The van der Waals surface area contributed by atoms with Crippen LogP contribution in [0.1, 0.15) is 18.4 Å². The van der Waals surface area contributed by atoms with Crippen LogP contribution in [0.2, 0.25) is 5.02 Å². The van der Waals surface area contributed by atoms with Crippen LogP contribution >= 0.6 is 11.6 Å². The Labute approximate surface area is 180 Å². The molecule has 1 unspecified atom stereocenters. The van der Waals surface area contributed by atoms with Crippen LogP contribution in [0.5, 0.6) is 0 Å². The highest BCUT2D eigenvalue weighted by Gasteiger charge is 2.30. The van der Waals surface area contributed by atoms with E-state index in [-0.39, 0.29) is 12.6 Å². The number of hydrogen-bond acceptors (Lipinski definition) is 4. The molecule has 1 saturated heterocycles. The van der Waals surface area contributed by atoms with Gasteiger partial charge >= 0.3 is 12.0 Å². The van der Waals surface area contributed by atoms with Crippen LogP contribution < -0.4 is 10.6 Å². The summed E-state index contributed by atoms with van der Waals surface area (Å²) in [7, 11) is 0. The van der Waals surface area contributed by atoms with E-state index in [1.807, 2.05) is 31.2 Å². The average Bonchev–Trinajstić information content (AvgIpc) is 2.75. The number of rotatable bonds is 5. The van der Waals surface area contributed by atoms with Gasteiger partial charge in [0.15, 0.2) is 6.61 Å². The van der Waals surface area contributed by atoms with E-state index in [0.29, 0.717) is 35.8 Å². The number of carbonyl (C=O) groups excluding carboxylic acids is 3. The van der Waals surface area contributed by atoms with Gasteiger partial charge in [-0.05, 0) is 49.6 Å². The van der Waals surface area contributed by atoms with Crippen molar-refractivity contribution >= 4 is 40.9 Å². The summed E-state index contributed by atoms with van der Waals surface area (Å²) in [4.78, 5) is 38.5. The van der Waals surface area contributed by atoms with Gasteiger partial charge in [0.25, 0.3) is 5.91 Å². The summed E-state index contributed by atoms with van der Waals surface area (Å²) < 4.78 is 5.17.